The highest BCUT2D eigenvalue weighted by Gasteiger charge is 2.38. The van der Waals surface area contributed by atoms with E-state index in [0.29, 0.717) is 12.2 Å². The van der Waals surface area contributed by atoms with Gasteiger partial charge < -0.3 is 16.2 Å². The third kappa shape index (κ3) is 6.19. The first-order valence-electron chi connectivity index (χ1n) is 4.56. The third-order valence-electron chi connectivity index (χ3n) is 1.82. The van der Waals surface area contributed by atoms with Crippen LogP contribution in [-0.2, 0) is 4.79 Å². The van der Waals surface area contributed by atoms with Crippen LogP contribution < -0.4 is 11.1 Å². The number of rotatable bonds is 6. The van der Waals surface area contributed by atoms with Gasteiger partial charge in [-0.3, -0.25) is 4.79 Å². The second-order valence-corrected chi connectivity index (χ2v) is 4.18. The largest absolute Gasteiger partial charge is 0.416 e. The van der Waals surface area contributed by atoms with E-state index in [1.807, 2.05) is 11.6 Å². The SMILES string of the molecule is CSCC[C@H](N)C(=O)NCC(O)C(F)(F)F. The van der Waals surface area contributed by atoms with Crippen molar-refractivity contribution in [2.75, 3.05) is 18.6 Å². The summed E-state index contributed by atoms with van der Waals surface area (Å²) in [6, 6.07) is -0.840. The normalized spacial score (nSPS) is 15.6. The van der Waals surface area contributed by atoms with Gasteiger partial charge in [0.25, 0.3) is 0 Å². The fraction of sp³-hybridized carbons (Fsp3) is 0.875. The van der Waals surface area contributed by atoms with Crippen LogP contribution in [0, 0.1) is 0 Å². The van der Waals surface area contributed by atoms with Crippen molar-refractivity contribution in [2.45, 2.75) is 24.7 Å². The highest BCUT2D eigenvalue weighted by Crippen LogP contribution is 2.19. The minimum absolute atomic E-state index is 0.384. The van der Waals surface area contributed by atoms with Crippen LogP contribution in [0.3, 0.4) is 0 Å². The number of aliphatic hydroxyl groups is 1. The molecule has 0 aliphatic rings. The number of hydrogen-bond donors (Lipinski definition) is 3. The predicted molar refractivity (Wildman–Crippen MR) is 56.0 cm³/mol. The van der Waals surface area contributed by atoms with Gasteiger partial charge in [0.05, 0.1) is 12.6 Å². The third-order valence-corrected chi connectivity index (χ3v) is 2.46. The molecule has 0 aromatic heterocycles. The van der Waals surface area contributed by atoms with Gasteiger partial charge in [0.15, 0.2) is 6.10 Å². The number of carbonyl (C=O) groups is 1. The maximum absolute atomic E-state index is 11.9. The predicted octanol–water partition coefficient (Wildman–Crippen LogP) is 0.106. The van der Waals surface area contributed by atoms with E-state index in [0.717, 1.165) is 0 Å². The molecule has 0 rings (SSSR count). The fourth-order valence-corrected chi connectivity index (χ4v) is 1.31. The summed E-state index contributed by atoms with van der Waals surface area (Å²) in [7, 11) is 0. The van der Waals surface area contributed by atoms with E-state index in [2.05, 4.69) is 0 Å². The topological polar surface area (TPSA) is 75.4 Å². The van der Waals surface area contributed by atoms with E-state index in [-0.39, 0.29) is 0 Å². The number of aliphatic hydroxyl groups excluding tert-OH is 1. The minimum Gasteiger partial charge on any atom is -0.382 e. The summed E-state index contributed by atoms with van der Waals surface area (Å²) in [5.41, 5.74) is 5.41. The zero-order valence-electron chi connectivity index (χ0n) is 8.75. The number of nitrogens with two attached hydrogens (primary N) is 1. The first-order chi connectivity index (χ1) is 7.29. The summed E-state index contributed by atoms with van der Waals surface area (Å²) in [5, 5.41) is 10.6. The van der Waals surface area contributed by atoms with E-state index in [1.54, 1.807) is 0 Å². The van der Waals surface area contributed by atoms with Gasteiger partial charge in [0.2, 0.25) is 5.91 Å². The van der Waals surface area contributed by atoms with Crippen LogP contribution in [-0.4, -0.2) is 47.9 Å². The number of carbonyl (C=O) groups excluding carboxylic acids is 1. The van der Waals surface area contributed by atoms with Crippen molar-refractivity contribution in [3.05, 3.63) is 0 Å². The molecule has 96 valence electrons. The maximum atomic E-state index is 11.9. The maximum Gasteiger partial charge on any atom is 0.416 e. The van der Waals surface area contributed by atoms with Gasteiger partial charge in [-0.25, -0.2) is 0 Å². The van der Waals surface area contributed by atoms with Crippen molar-refractivity contribution in [1.82, 2.24) is 5.32 Å². The van der Waals surface area contributed by atoms with Crippen LogP contribution in [0.4, 0.5) is 13.2 Å². The van der Waals surface area contributed by atoms with Crippen LogP contribution >= 0.6 is 11.8 Å². The van der Waals surface area contributed by atoms with Crippen molar-refractivity contribution in [2.24, 2.45) is 5.73 Å². The van der Waals surface area contributed by atoms with E-state index in [4.69, 9.17) is 10.8 Å². The Morgan fingerprint density at radius 2 is 2.12 bits per heavy atom. The van der Waals surface area contributed by atoms with Crippen LogP contribution in [0.1, 0.15) is 6.42 Å². The molecule has 0 aromatic carbocycles. The molecule has 8 heteroatoms. The highest BCUT2D eigenvalue weighted by molar-refractivity contribution is 7.98. The molecule has 1 unspecified atom stereocenters. The first kappa shape index (κ1) is 15.5. The Kier molecular flexibility index (Phi) is 6.77. The number of halogens is 3. The summed E-state index contributed by atoms with van der Waals surface area (Å²) in [6.07, 6.45) is -5.06. The van der Waals surface area contributed by atoms with Crippen molar-refractivity contribution < 1.29 is 23.1 Å². The monoisotopic (exact) mass is 260 g/mol. The molecule has 16 heavy (non-hydrogen) atoms. The van der Waals surface area contributed by atoms with Gasteiger partial charge in [-0.15, -0.1) is 0 Å². The zero-order chi connectivity index (χ0) is 12.8. The second-order valence-electron chi connectivity index (χ2n) is 3.19. The first-order valence-corrected chi connectivity index (χ1v) is 5.95. The van der Waals surface area contributed by atoms with Crippen molar-refractivity contribution in [3.63, 3.8) is 0 Å². The van der Waals surface area contributed by atoms with Gasteiger partial charge in [-0.05, 0) is 18.4 Å². The van der Waals surface area contributed by atoms with Crippen LogP contribution in [0.2, 0.25) is 0 Å². The number of nitrogens with one attached hydrogen (secondary N) is 1. The standard InChI is InChI=1S/C8H15F3N2O2S/c1-16-3-2-5(12)7(15)13-4-6(14)8(9,10)11/h5-6,14H,2-4,12H2,1H3,(H,13,15)/t5-,6?/m0/s1. The van der Waals surface area contributed by atoms with Crippen LogP contribution in [0.5, 0.6) is 0 Å². The number of alkyl halides is 3. The lowest BCUT2D eigenvalue weighted by atomic mass is 10.2. The molecule has 2 atom stereocenters. The summed E-state index contributed by atoms with van der Waals surface area (Å²) in [6.45, 7) is -0.866. The average molecular weight is 260 g/mol. The van der Waals surface area contributed by atoms with Crippen molar-refractivity contribution in [1.29, 1.82) is 0 Å². The molecule has 0 aliphatic heterocycles. The van der Waals surface area contributed by atoms with Gasteiger partial charge in [0, 0.05) is 0 Å². The molecule has 4 N–H and O–H groups in total. The smallest absolute Gasteiger partial charge is 0.382 e. The Morgan fingerprint density at radius 3 is 2.56 bits per heavy atom. The number of thioether (sulfide) groups is 1. The van der Waals surface area contributed by atoms with E-state index < -0.39 is 30.8 Å². The number of amides is 1. The fourth-order valence-electron chi connectivity index (χ4n) is 0.820. The average Bonchev–Trinajstić information content (AvgIpc) is 2.20. The van der Waals surface area contributed by atoms with Gasteiger partial charge in [-0.1, -0.05) is 0 Å². The van der Waals surface area contributed by atoms with E-state index in [9.17, 15) is 18.0 Å². The van der Waals surface area contributed by atoms with Gasteiger partial charge in [0.1, 0.15) is 0 Å². The molecule has 0 fully saturated rings. The Labute approximate surface area is 95.8 Å². The molecule has 0 aromatic rings. The lowest BCUT2D eigenvalue weighted by molar-refractivity contribution is -0.201. The van der Waals surface area contributed by atoms with Crippen molar-refractivity contribution in [3.8, 4) is 0 Å². The Bertz CT molecular complexity index is 226. The van der Waals surface area contributed by atoms with Crippen LogP contribution in [0.25, 0.3) is 0 Å². The molecule has 1 amide bonds. The minimum atomic E-state index is -4.73. The van der Waals surface area contributed by atoms with E-state index in [1.165, 1.54) is 11.8 Å². The molecule has 0 spiro atoms. The van der Waals surface area contributed by atoms with Gasteiger partial charge in [-0.2, -0.15) is 24.9 Å². The molecule has 4 nitrogen and oxygen atoms in total. The summed E-state index contributed by atoms with van der Waals surface area (Å²) < 4.78 is 35.6. The molecule has 0 saturated heterocycles. The molecule has 0 aliphatic carbocycles. The zero-order valence-corrected chi connectivity index (χ0v) is 9.57. The van der Waals surface area contributed by atoms with Crippen molar-refractivity contribution >= 4 is 17.7 Å². The molecule has 0 saturated carbocycles. The lowest BCUT2D eigenvalue weighted by Gasteiger charge is -2.17. The molecule has 0 radical (unpaired) electrons. The highest BCUT2D eigenvalue weighted by atomic mass is 32.2. The molecule has 0 bridgehead atoms. The summed E-state index contributed by atoms with van der Waals surface area (Å²) >= 11 is 1.49. The van der Waals surface area contributed by atoms with E-state index >= 15 is 0 Å². The van der Waals surface area contributed by atoms with Gasteiger partial charge >= 0.3 is 6.18 Å². The lowest BCUT2D eigenvalue weighted by Crippen LogP contribution is -2.46. The Hall–Kier alpha value is -0.470. The second kappa shape index (κ2) is 6.97. The molecular formula is C8H15F3N2O2S. The van der Waals surface area contributed by atoms with Crippen LogP contribution in [0.15, 0.2) is 0 Å². The summed E-state index contributed by atoms with van der Waals surface area (Å²) in [4.78, 5) is 11.2. The Balaban J connectivity index is 3.89. The quantitative estimate of drug-likeness (QED) is 0.633. The molecular weight excluding hydrogens is 245 g/mol. The number of hydrogen-bond acceptors (Lipinski definition) is 4. The summed E-state index contributed by atoms with van der Waals surface area (Å²) in [5.74, 6) is -0.0338. The Morgan fingerprint density at radius 1 is 1.56 bits per heavy atom. The molecule has 0 heterocycles.